The maximum absolute atomic E-state index is 11.4. The lowest BCUT2D eigenvalue weighted by molar-refractivity contribution is -0.142. The lowest BCUT2D eigenvalue weighted by Crippen LogP contribution is -2.35. The van der Waals surface area contributed by atoms with Crippen LogP contribution in [0, 0.1) is 23.7 Å². The van der Waals surface area contributed by atoms with Gasteiger partial charge in [-0.15, -0.1) is 0 Å². The Balaban J connectivity index is 2.26. The molecule has 1 saturated heterocycles. The maximum atomic E-state index is 11.4. The van der Waals surface area contributed by atoms with Crippen molar-refractivity contribution < 1.29 is 14.6 Å². The van der Waals surface area contributed by atoms with E-state index in [9.17, 15) is 9.90 Å². The van der Waals surface area contributed by atoms with Crippen molar-refractivity contribution in [2.24, 2.45) is 23.7 Å². The summed E-state index contributed by atoms with van der Waals surface area (Å²) in [5.41, 5.74) is 0. The molecule has 78 valence electrons. The number of esters is 1. The van der Waals surface area contributed by atoms with Gasteiger partial charge >= 0.3 is 5.97 Å². The third kappa shape index (κ3) is 1.36. The Bertz CT molecular complexity index is 270. The fourth-order valence-corrected chi connectivity index (χ4v) is 2.59. The number of aliphatic hydroxyl groups is 1. The minimum atomic E-state index is -0.402. The van der Waals surface area contributed by atoms with Crippen molar-refractivity contribution in [3.63, 3.8) is 0 Å². The Morgan fingerprint density at radius 1 is 1.57 bits per heavy atom. The fraction of sp³-hybridized carbons (Fsp3) is 0.727. The third-order valence-corrected chi connectivity index (χ3v) is 3.41. The van der Waals surface area contributed by atoms with Gasteiger partial charge < -0.3 is 9.84 Å². The predicted molar refractivity (Wildman–Crippen MR) is 51.4 cm³/mol. The Kier molecular flexibility index (Phi) is 2.35. The summed E-state index contributed by atoms with van der Waals surface area (Å²) >= 11 is 0. The number of hydrogen-bond donors (Lipinski definition) is 1. The first kappa shape index (κ1) is 9.71. The van der Waals surface area contributed by atoms with E-state index >= 15 is 0 Å². The number of rotatable bonds is 1. The molecule has 1 aliphatic carbocycles. The van der Waals surface area contributed by atoms with E-state index in [2.05, 4.69) is 0 Å². The largest absolute Gasteiger partial charge is 0.465 e. The molecule has 1 N–H and O–H groups in total. The Morgan fingerprint density at radius 2 is 2.29 bits per heavy atom. The maximum Gasteiger partial charge on any atom is 0.309 e. The molecular formula is C11H16O3. The van der Waals surface area contributed by atoms with E-state index in [-0.39, 0.29) is 29.6 Å². The smallest absolute Gasteiger partial charge is 0.309 e. The zero-order chi connectivity index (χ0) is 10.3. The van der Waals surface area contributed by atoms with E-state index in [0.29, 0.717) is 6.61 Å². The first-order valence-corrected chi connectivity index (χ1v) is 5.14. The van der Waals surface area contributed by atoms with Gasteiger partial charge in [0.1, 0.15) is 0 Å². The summed E-state index contributed by atoms with van der Waals surface area (Å²) in [6, 6.07) is 0. The molecule has 14 heavy (non-hydrogen) atoms. The van der Waals surface area contributed by atoms with Crippen molar-refractivity contribution >= 4 is 5.97 Å². The zero-order valence-electron chi connectivity index (χ0n) is 8.51. The summed E-state index contributed by atoms with van der Waals surface area (Å²) in [5, 5.41) is 9.58. The lowest BCUT2D eigenvalue weighted by atomic mass is 9.71. The molecule has 3 nitrogen and oxygen atoms in total. The summed E-state index contributed by atoms with van der Waals surface area (Å²) in [6.45, 7) is 4.26. The third-order valence-electron chi connectivity index (χ3n) is 3.41. The fourth-order valence-electron chi connectivity index (χ4n) is 2.59. The molecule has 0 amide bonds. The van der Waals surface area contributed by atoms with Crippen LogP contribution in [-0.4, -0.2) is 23.8 Å². The molecule has 2 rings (SSSR count). The predicted octanol–water partition coefficient (Wildman–Crippen LogP) is 0.978. The standard InChI is InChI=1S/C11H16O3/c1-6-3-4-8(7(2)12)9-5-14-11(13)10(6)9/h3-4,6-10,12H,5H2,1-2H3. The Labute approximate surface area is 83.8 Å². The molecule has 0 radical (unpaired) electrons. The molecule has 0 aromatic heterocycles. The zero-order valence-corrected chi connectivity index (χ0v) is 8.51. The van der Waals surface area contributed by atoms with Crippen molar-refractivity contribution in [1.82, 2.24) is 0 Å². The van der Waals surface area contributed by atoms with E-state index < -0.39 is 6.10 Å². The highest BCUT2D eigenvalue weighted by molar-refractivity contribution is 5.75. The van der Waals surface area contributed by atoms with Crippen LogP contribution in [0.3, 0.4) is 0 Å². The number of carbonyl (C=O) groups is 1. The first-order valence-electron chi connectivity index (χ1n) is 5.14. The second kappa shape index (κ2) is 3.39. The highest BCUT2D eigenvalue weighted by Gasteiger charge is 2.46. The van der Waals surface area contributed by atoms with Crippen molar-refractivity contribution in [2.75, 3.05) is 6.61 Å². The topological polar surface area (TPSA) is 46.5 Å². The van der Waals surface area contributed by atoms with E-state index in [1.54, 1.807) is 6.92 Å². The molecule has 0 saturated carbocycles. The Hall–Kier alpha value is -0.830. The van der Waals surface area contributed by atoms with Gasteiger partial charge in [-0.25, -0.2) is 0 Å². The molecule has 3 heteroatoms. The molecule has 0 spiro atoms. The highest BCUT2D eigenvalue weighted by Crippen LogP contribution is 2.40. The van der Waals surface area contributed by atoms with Gasteiger partial charge in [-0.2, -0.15) is 0 Å². The molecule has 0 aromatic rings. The number of ether oxygens (including phenoxy) is 1. The van der Waals surface area contributed by atoms with Crippen molar-refractivity contribution in [3.05, 3.63) is 12.2 Å². The van der Waals surface area contributed by atoms with Gasteiger partial charge in [0.2, 0.25) is 0 Å². The first-order chi connectivity index (χ1) is 6.61. The molecule has 0 aromatic carbocycles. The summed E-state index contributed by atoms with van der Waals surface area (Å²) in [5.74, 6) is 0.340. The van der Waals surface area contributed by atoms with Crippen LogP contribution in [0.2, 0.25) is 0 Å². The summed E-state index contributed by atoms with van der Waals surface area (Å²) < 4.78 is 5.06. The van der Waals surface area contributed by atoms with Crippen LogP contribution in [0.5, 0.6) is 0 Å². The van der Waals surface area contributed by atoms with Gasteiger partial charge in [-0.3, -0.25) is 4.79 Å². The minimum Gasteiger partial charge on any atom is -0.465 e. The molecule has 2 aliphatic rings. The lowest BCUT2D eigenvalue weighted by Gasteiger charge is -2.31. The Morgan fingerprint density at radius 3 is 2.93 bits per heavy atom. The average molecular weight is 196 g/mol. The quantitative estimate of drug-likeness (QED) is 0.502. The van der Waals surface area contributed by atoms with Crippen LogP contribution in [0.1, 0.15) is 13.8 Å². The van der Waals surface area contributed by atoms with Crippen LogP contribution in [0.4, 0.5) is 0 Å². The van der Waals surface area contributed by atoms with Gasteiger partial charge in [0.25, 0.3) is 0 Å². The number of hydrogen-bond acceptors (Lipinski definition) is 3. The van der Waals surface area contributed by atoms with Crippen LogP contribution >= 0.6 is 0 Å². The molecule has 1 fully saturated rings. The monoisotopic (exact) mass is 196 g/mol. The summed E-state index contributed by atoms with van der Waals surface area (Å²) in [7, 11) is 0. The molecular weight excluding hydrogens is 180 g/mol. The SMILES string of the molecule is CC(O)C1C=CC(C)C2C(=O)OCC12. The minimum absolute atomic E-state index is 0.0420. The van der Waals surface area contributed by atoms with Gasteiger partial charge in [0.05, 0.1) is 18.6 Å². The number of allylic oxidation sites excluding steroid dienone is 1. The molecule has 5 atom stereocenters. The van der Waals surface area contributed by atoms with Gasteiger partial charge in [-0.1, -0.05) is 19.1 Å². The normalized spacial score (nSPS) is 43.2. The number of cyclic esters (lactones) is 1. The molecule has 5 unspecified atom stereocenters. The number of carbonyl (C=O) groups excluding carboxylic acids is 1. The summed E-state index contributed by atoms with van der Waals surface area (Å²) in [4.78, 5) is 11.4. The molecule has 0 bridgehead atoms. The van der Waals surface area contributed by atoms with E-state index in [1.807, 2.05) is 19.1 Å². The second-order valence-electron chi connectivity index (χ2n) is 4.38. The molecule has 1 aliphatic heterocycles. The number of fused-ring (bicyclic) bond motifs is 1. The van der Waals surface area contributed by atoms with Crippen LogP contribution < -0.4 is 0 Å². The molecule has 1 heterocycles. The van der Waals surface area contributed by atoms with Gasteiger partial charge in [0, 0.05) is 11.8 Å². The number of aliphatic hydroxyl groups excluding tert-OH is 1. The van der Waals surface area contributed by atoms with E-state index in [0.717, 1.165) is 0 Å². The van der Waals surface area contributed by atoms with Crippen LogP contribution in [-0.2, 0) is 9.53 Å². The van der Waals surface area contributed by atoms with Gasteiger partial charge in [-0.05, 0) is 12.8 Å². The van der Waals surface area contributed by atoms with E-state index in [1.165, 1.54) is 0 Å². The average Bonchev–Trinajstić information content (AvgIpc) is 2.49. The van der Waals surface area contributed by atoms with Crippen molar-refractivity contribution in [3.8, 4) is 0 Å². The van der Waals surface area contributed by atoms with Crippen LogP contribution in [0.25, 0.3) is 0 Å². The van der Waals surface area contributed by atoms with Crippen molar-refractivity contribution in [1.29, 1.82) is 0 Å². The van der Waals surface area contributed by atoms with E-state index in [4.69, 9.17) is 4.74 Å². The highest BCUT2D eigenvalue weighted by atomic mass is 16.5. The van der Waals surface area contributed by atoms with Crippen LogP contribution in [0.15, 0.2) is 12.2 Å². The van der Waals surface area contributed by atoms with Gasteiger partial charge in [0.15, 0.2) is 0 Å². The van der Waals surface area contributed by atoms with Crippen molar-refractivity contribution in [2.45, 2.75) is 20.0 Å². The second-order valence-corrected chi connectivity index (χ2v) is 4.38. The summed E-state index contributed by atoms with van der Waals surface area (Å²) in [6.07, 6.45) is 3.64.